The van der Waals surface area contributed by atoms with Crippen LogP contribution in [-0.2, 0) is 12.7 Å². The van der Waals surface area contributed by atoms with E-state index in [2.05, 4.69) is 25.6 Å². The fourth-order valence-electron chi connectivity index (χ4n) is 2.22. The van der Waals surface area contributed by atoms with Gasteiger partial charge in [-0.25, -0.2) is 4.98 Å². The number of hydrogen-bond acceptors (Lipinski definition) is 6. The first-order chi connectivity index (χ1) is 11.5. The minimum Gasteiger partial charge on any atom is -0.362 e. The van der Waals surface area contributed by atoms with Crippen LogP contribution in [0.1, 0.15) is 10.8 Å². The third-order valence-corrected chi connectivity index (χ3v) is 4.31. The molecule has 3 heterocycles. The lowest BCUT2D eigenvalue weighted by molar-refractivity contribution is -0.146. The van der Waals surface area contributed by atoms with Crippen LogP contribution in [0.15, 0.2) is 36.4 Å². The second-order valence-electron chi connectivity index (χ2n) is 4.94. The van der Waals surface area contributed by atoms with Crippen LogP contribution in [-0.4, -0.2) is 24.8 Å². The van der Waals surface area contributed by atoms with E-state index in [1.807, 2.05) is 24.3 Å². The van der Waals surface area contributed by atoms with Crippen molar-refractivity contribution in [2.75, 3.05) is 5.32 Å². The quantitative estimate of drug-likeness (QED) is 0.614. The van der Waals surface area contributed by atoms with Crippen molar-refractivity contribution in [1.29, 1.82) is 0 Å². The van der Waals surface area contributed by atoms with Crippen LogP contribution in [0.4, 0.5) is 19.0 Å². The summed E-state index contributed by atoms with van der Waals surface area (Å²) in [5.74, 6) is -0.867. The second kappa shape index (κ2) is 5.41. The van der Waals surface area contributed by atoms with Crippen molar-refractivity contribution in [2.45, 2.75) is 12.7 Å². The molecule has 3 aromatic heterocycles. The van der Waals surface area contributed by atoms with Crippen LogP contribution in [0, 0.1) is 0 Å². The molecule has 0 aliphatic carbocycles. The summed E-state index contributed by atoms with van der Waals surface area (Å²) in [4.78, 5) is 4.45. The van der Waals surface area contributed by atoms with Crippen molar-refractivity contribution in [3.05, 3.63) is 47.2 Å². The molecule has 1 aromatic carbocycles. The predicted octanol–water partition coefficient (Wildman–Crippen LogP) is 3.36. The lowest BCUT2D eigenvalue weighted by Crippen LogP contribution is -2.13. The van der Waals surface area contributed by atoms with Gasteiger partial charge >= 0.3 is 6.18 Å². The van der Waals surface area contributed by atoms with Gasteiger partial charge in [0.1, 0.15) is 10.8 Å². The summed E-state index contributed by atoms with van der Waals surface area (Å²) in [6, 6.07) is 10.7. The highest BCUT2D eigenvalue weighted by molar-refractivity contribution is 7.18. The zero-order chi connectivity index (χ0) is 16.7. The second-order valence-corrected chi connectivity index (χ2v) is 6.05. The molecule has 1 N–H and O–H groups in total. The predicted molar refractivity (Wildman–Crippen MR) is 82.7 cm³/mol. The van der Waals surface area contributed by atoms with Gasteiger partial charge in [0.2, 0.25) is 0 Å². The Kier molecular flexibility index (Phi) is 3.34. The Morgan fingerprint density at radius 3 is 2.71 bits per heavy atom. The maximum absolute atomic E-state index is 12.9. The van der Waals surface area contributed by atoms with Gasteiger partial charge in [0.15, 0.2) is 5.65 Å². The molecule has 0 amide bonds. The third-order valence-electron chi connectivity index (χ3n) is 3.28. The first-order valence-corrected chi connectivity index (χ1v) is 7.70. The number of alkyl halides is 3. The van der Waals surface area contributed by atoms with Crippen LogP contribution in [0.3, 0.4) is 0 Å². The summed E-state index contributed by atoms with van der Waals surface area (Å²) in [7, 11) is 0. The van der Waals surface area contributed by atoms with E-state index < -0.39 is 12.0 Å². The van der Waals surface area contributed by atoms with Crippen molar-refractivity contribution in [3.8, 4) is 0 Å². The van der Waals surface area contributed by atoms with Crippen molar-refractivity contribution in [1.82, 2.24) is 24.8 Å². The van der Waals surface area contributed by atoms with Crippen molar-refractivity contribution >= 4 is 33.0 Å². The van der Waals surface area contributed by atoms with Gasteiger partial charge in [0, 0.05) is 0 Å². The first kappa shape index (κ1) is 14.8. The van der Waals surface area contributed by atoms with E-state index >= 15 is 0 Å². The summed E-state index contributed by atoms with van der Waals surface area (Å²) in [5, 5.41) is 14.3. The number of anilines is 1. The maximum Gasteiger partial charge on any atom is 0.453 e. The fraction of sp³-hybridized carbons (Fsp3) is 0.143. The van der Waals surface area contributed by atoms with Crippen LogP contribution in [0.5, 0.6) is 0 Å². The van der Waals surface area contributed by atoms with E-state index in [-0.39, 0.29) is 11.5 Å². The average Bonchev–Trinajstić information content (AvgIpc) is 3.15. The molecule has 0 saturated heterocycles. The van der Waals surface area contributed by atoms with E-state index in [1.165, 1.54) is 17.4 Å². The molecular weight excluding hydrogens is 341 g/mol. The van der Waals surface area contributed by atoms with Gasteiger partial charge in [0.05, 0.1) is 16.8 Å². The van der Waals surface area contributed by atoms with Gasteiger partial charge in [-0.1, -0.05) is 12.1 Å². The number of hydrogen-bond donors (Lipinski definition) is 1. The van der Waals surface area contributed by atoms with Crippen LogP contribution in [0.25, 0.3) is 15.9 Å². The summed E-state index contributed by atoms with van der Waals surface area (Å²) >= 11 is 1.52. The van der Waals surface area contributed by atoms with Gasteiger partial charge in [-0.15, -0.1) is 26.6 Å². The standard InChI is InChI=1S/C14H9F3N6S/c15-14(16,17)13-21-20-11-6-5-10(22-23(11)13)18-7-12-19-8-3-1-2-4-9(8)24-12/h1-6H,7H2,(H,18,22). The van der Waals surface area contributed by atoms with E-state index in [0.717, 1.165) is 15.2 Å². The normalized spacial score (nSPS) is 12.1. The minimum absolute atomic E-state index is 0.0351. The molecule has 6 nitrogen and oxygen atoms in total. The number of halogens is 3. The molecule has 4 rings (SSSR count). The third kappa shape index (κ3) is 2.64. The number of rotatable bonds is 3. The number of thiazole rings is 1. The lowest BCUT2D eigenvalue weighted by Gasteiger charge is -2.06. The van der Waals surface area contributed by atoms with Crippen LogP contribution >= 0.6 is 11.3 Å². The number of para-hydroxylation sites is 1. The Hall–Kier alpha value is -2.75. The van der Waals surface area contributed by atoms with Crippen molar-refractivity contribution in [2.24, 2.45) is 0 Å². The Morgan fingerprint density at radius 2 is 1.92 bits per heavy atom. The highest BCUT2D eigenvalue weighted by Gasteiger charge is 2.37. The zero-order valence-electron chi connectivity index (χ0n) is 11.9. The molecule has 0 aliphatic heterocycles. The number of nitrogens with zero attached hydrogens (tertiary/aromatic N) is 5. The van der Waals surface area contributed by atoms with Crippen molar-refractivity contribution in [3.63, 3.8) is 0 Å². The zero-order valence-corrected chi connectivity index (χ0v) is 12.8. The summed E-state index contributed by atoms with van der Waals surface area (Å²) < 4.78 is 40.3. The van der Waals surface area contributed by atoms with Gasteiger partial charge in [-0.3, -0.25) is 0 Å². The summed E-state index contributed by atoms with van der Waals surface area (Å²) in [6.07, 6.45) is -4.61. The largest absolute Gasteiger partial charge is 0.453 e. The molecule has 0 fully saturated rings. The Morgan fingerprint density at radius 1 is 1.08 bits per heavy atom. The average molecular weight is 350 g/mol. The number of fused-ring (bicyclic) bond motifs is 2. The van der Waals surface area contributed by atoms with E-state index in [9.17, 15) is 13.2 Å². The van der Waals surface area contributed by atoms with Crippen molar-refractivity contribution < 1.29 is 13.2 Å². The molecule has 0 aliphatic rings. The molecular formula is C14H9F3N6S. The Bertz CT molecular complexity index is 989. The molecule has 4 aromatic rings. The van der Waals surface area contributed by atoms with Crippen LogP contribution in [0.2, 0.25) is 0 Å². The minimum atomic E-state index is -4.61. The van der Waals surface area contributed by atoms with Gasteiger partial charge in [-0.05, 0) is 24.3 Å². The van der Waals surface area contributed by atoms with Crippen LogP contribution < -0.4 is 5.32 Å². The van der Waals surface area contributed by atoms with Gasteiger partial charge in [0.25, 0.3) is 5.82 Å². The van der Waals surface area contributed by atoms with E-state index in [4.69, 9.17) is 0 Å². The molecule has 24 heavy (non-hydrogen) atoms. The monoisotopic (exact) mass is 350 g/mol. The summed E-state index contributed by atoms with van der Waals surface area (Å²) in [5.41, 5.74) is 0.925. The number of nitrogens with one attached hydrogen (secondary N) is 1. The Labute approximate surface area is 137 Å². The fourth-order valence-corrected chi connectivity index (χ4v) is 3.13. The number of aromatic nitrogens is 5. The highest BCUT2D eigenvalue weighted by atomic mass is 32.1. The Balaban J connectivity index is 1.60. The molecule has 0 saturated carbocycles. The summed E-state index contributed by atoms with van der Waals surface area (Å²) in [6.45, 7) is 0.362. The molecule has 0 radical (unpaired) electrons. The molecule has 0 atom stereocenters. The SMILES string of the molecule is FC(F)(F)c1nnc2ccc(NCc3nc4ccccc4s3)nn12. The topological polar surface area (TPSA) is 68.0 Å². The molecule has 10 heteroatoms. The first-order valence-electron chi connectivity index (χ1n) is 6.89. The van der Waals surface area contributed by atoms with Gasteiger partial charge in [-0.2, -0.15) is 17.7 Å². The smallest absolute Gasteiger partial charge is 0.362 e. The molecule has 122 valence electrons. The molecule has 0 unspecified atom stereocenters. The van der Waals surface area contributed by atoms with E-state index in [1.54, 1.807) is 6.07 Å². The number of benzene rings is 1. The highest BCUT2D eigenvalue weighted by Crippen LogP contribution is 2.27. The van der Waals surface area contributed by atoms with Gasteiger partial charge < -0.3 is 5.32 Å². The van der Waals surface area contributed by atoms with E-state index in [0.29, 0.717) is 11.1 Å². The lowest BCUT2D eigenvalue weighted by atomic mass is 10.3. The molecule has 0 spiro atoms. The maximum atomic E-state index is 12.9. The molecule has 0 bridgehead atoms.